The highest BCUT2D eigenvalue weighted by Gasteiger charge is 2.45. The number of rotatable bonds is 4. The van der Waals surface area contributed by atoms with E-state index in [1.807, 2.05) is 6.07 Å². The minimum atomic E-state index is -3.50. The van der Waals surface area contributed by atoms with Gasteiger partial charge in [-0.25, -0.2) is 13.1 Å². The molecular formula is C13H16N2O2S. The van der Waals surface area contributed by atoms with Gasteiger partial charge in [-0.1, -0.05) is 19.9 Å². The van der Waals surface area contributed by atoms with E-state index in [1.165, 1.54) is 12.1 Å². The van der Waals surface area contributed by atoms with Gasteiger partial charge in [-0.15, -0.1) is 0 Å². The van der Waals surface area contributed by atoms with Crippen molar-refractivity contribution in [2.45, 2.75) is 25.2 Å². The Morgan fingerprint density at radius 2 is 2.17 bits per heavy atom. The van der Waals surface area contributed by atoms with E-state index in [4.69, 9.17) is 5.26 Å². The maximum Gasteiger partial charge on any atom is 0.240 e. The topological polar surface area (TPSA) is 70.0 Å². The summed E-state index contributed by atoms with van der Waals surface area (Å²) in [6, 6.07) is 7.99. The number of sulfonamides is 1. The van der Waals surface area contributed by atoms with Crippen molar-refractivity contribution in [3.8, 4) is 6.07 Å². The molecule has 4 nitrogen and oxygen atoms in total. The second-order valence-electron chi connectivity index (χ2n) is 5.38. The summed E-state index contributed by atoms with van der Waals surface area (Å²) in [5.74, 6) is 0.409. The molecule has 18 heavy (non-hydrogen) atoms. The fourth-order valence-electron chi connectivity index (χ4n) is 1.95. The van der Waals surface area contributed by atoms with Crippen LogP contribution in [-0.4, -0.2) is 15.0 Å². The molecule has 2 rings (SSSR count). The third-order valence-corrected chi connectivity index (χ3v) is 4.93. The molecule has 5 heteroatoms. The summed E-state index contributed by atoms with van der Waals surface area (Å²) in [6.45, 7) is 4.72. The van der Waals surface area contributed by atoms with Crippen LogP contribution in [0.2, 0.25) is 0 Å². The van der Waals surface area contributed by atoms with Crippen molar-refractivity contribution in [2.75, 3.05) is 6.54 Å². The normalized spacial score (nSPS) is 21.3. The lowest BCUT2D eigenvalue weighted by Gasteiger charge is -2.08. The molecule has 0 radical (unpaired) electrons. The average Bonchev–Trinajstić information content (AvgIpc) is 2.95. The van der Waals surface area contributed by atoms with Crippen LogP contribution in [0, 0.1) is 22.7 Å². The van der Waals surface area contributed by atoms with Crippen molar-refractivity contribution >= 4 is 10.0 Å². The Kier molecular flexibility index (Phi) is 3.18. The molecule has 1 saturated carbocycles. The van der Waals surface area contributed by atoms with E-state index in [0.29, 0.717) is 18.0 Å². The number of nitrogens with zero attached hydrogens (tertiary/aromatic N) is 1. The van der Waals surface area contributed by atoms with Crippen molar-refractivity contribution in [3.63, 3.8) is 0 Å². The Morgan fingerprint density at radius 1 is 1.50 bits per heavy atom. The Bertz CT molecular complexity index is 600. The van der Waals surface area contributed by atoms with Crippen LogP contribution >= 0.6 is 0 Å². The summed E-state index contributed by atoms with van der Waals surface area (Å²) in [4.78, 5) is 0.153. The number of benzene rings is 1. The molecule has 1 aromatic rings. The van der Waals surface area contributed by atoms with Gasteiger partial charge in [-0.05, 0) is 36.0 Å². The lowest BCUT2D eigenvalue weighted by molar-refractivity contribution is 0.537. The van der Waals surface area contributed by atoms with E-state index in [-0.39, 0.29) is 10.3 Å². The predicted octanol–water partition coefficient (Wildman–Crippen LogP) is 1.88. The number of nitrogens with one attached hydrogen (secondary N) is 1. The number of hydrogen-bond acceptors (Lipinski definition) is 3. The van der Waals surface area contributed by atoms with Gasteiger partial charge in [0, 0.05) is 6.54 Å². The van der Waals surface area contributed by atoms with Crippen LogP contribution in [0.25, 0.3) is 0 Å². The lowest BCUT2D eigenvalue weighted by atomic mass is 10.1. The molecular weight excluding hydrogens is 248 g/mol. The second-order valence-corrected chi connectivity index (χ2v) is 7.15. The van der Waals surface area contributed by atoms with Gasteiger partial charge in [0.25, 0.3) is 0 Å². The Labute approximate surface area is 108 Å². The zero-order valence-electron chi connectivity index (χ0n) is 10.5. The highest BCUT2D eigenvalue weighted by Crippen LogP contribution is 2.51. The van der Waals surface area contributed by atoms with Crippen LogP contribution in [0.3, 0.4) is 0 Å². The zero-order chi connectivity index (χ0) is 13.4. The van der Waals surface area contributed by atoms with E-state index in [2.05, 4.69) is 18.6 Å². The van der Waals surface area contributed by atoms with Crippen molar-refractivity contribution in [1.29, 1.82) is 5.26 Å². The van der Waals surface area contributed by atoms with Gasteiger partial charge in [0.15, 0.2) is 0 Å². The van der Waals surface area contributed by atoms with Crippen LogP contribution in [0.4, 0.5) is 0 Å². The summed E-state index contributed by atoms with van der Waals surface area (Å²) in [5, 5.41) is 8.76. The van der Waals surface area contributed by atoms with Crippen molar-refractivity contribution in [1.82, 2.24) is 4.72 Å². The maximum atomic E-state index is 12.0. The molecule has 0 amide bonds. The van der Waals surface area contributed by atoms with Gasteiger partial charge in [0.2, 0.25) is 10.0 Å². The van der Waals surface area contributed by atoms with Crippen LogP contribution < -0.4 is 4.72 Å². The Hall–Kier alpha value is -1.38. The first kappa shape index (κ1) is 13.1. The summed E-state index contributed by atoms with van der Waals surface area (Å²) < 4.78 is 26.7. The molecule has 0 bridgehead atoms. The monoisotopic (exact) mass is 264 g/mol. The molecule has 96 valence electrons. The van der Waals surface area contributed by atoms with Crippen molar-refractivity contribution in [3.05, 3.63) is 29.8 Å². The van der Waals surface area contributed by atoms with Gasteiger partial charge in [-0.3, -0.25) is 0 Å². The largest absolute Gasteiger partial charge is 0.240 e. The SMILES string of the molecule is CC1(C)CC1CNS(=O)(=O)c1cccc(C#N)c1. The molecule has 0 aliphatic heterocycles. The third-order valence-electron chi connectivity index (χ3n) is 3.51. The van der Waals surface area contributed by atoms with E-state index < -0.39 is 10.0 Å². The molecule has 1 fully saturated rings. The minimum Gasteiger partial charge on any atom is -0.211 e. The molecule has 0 spiro atoms. The first-order chi connectivity index (χ1) is 8.35. The van der Waals surface area contributed by atoms with Crippen molar-refractivity contribution < 1.29 is 8.42 Å². The Balaban J connectivity index is 2.09. The van der Waals surface area contributed by atoms with Crippen LogP contribution in [0.15, 0.2) is 29.2 Å². The van der Waals surface area contributed by atoms with E-state index in [1.54, 1.807) is 12.1 Å². The van der Waals surface area contributed by atoms with Gasteiger partial charge in [-0.2, -0.15) is 5.26 Å². The smallest absolute Gasteiger partial charge is 0.211 e. The molecule has 1 unspecified atom stereocenters. The fourth-order valence-corrected chi connectivity index (χ4v) is 3.08. The Morgan fingerprint density at radius 3 is 2.72 bits per heavy atom. The molecule has 0 heterocycles. The van der Waals surface area contributed by atoms with Gasteiger partial charge in [0.05, 0.1) is 16.5 Å². The summed E-state index contributed by atoms with van der Waals surface area (Å²) in [7, 11) is -3.50. The fraction of sp³-hybridized carbons (Fsp3) is 0.462. The maximum absolute atomic E-state index is 12.0. The van der Waals surface area contributed by atoms with Crippen LogP contribution in [-0.2, 0) is 10.0 Å². The van der Waals surface area contributed by atoms with Gasteiger partial charge >= 0.3 is 0 Å². The predicted molar refractivity (Wildman–Crippen MR) is 68.2 cm³/mol. The van der Waals surface area contributed by atoms with Crippen LogP contribution in [0.1, 0.15) is 25.8 Å². The van der Waals surface area contributed by atoms with E-state index in [0.717, 1.165) is 6.42 Å². The zero-order valence-corrected chi connectivity index (χ0v) is 11.3. The molecule has 1 aromatic carbocycles. The third kappa shape index (κ3) is 2.71. The first-order valence-corrected chi connectivity index (χ1v) is 7.33. The molecule has 0 aromatic heterocycles. The summed E-state index contributed by atoms with van der Waals surface area (Å²) in [5.41, 5.74) is 0.599. The van der Waals surface area contributed by atoms with E-state index >= 15 is 0 Å². The van der Waals surface area contributed by atoms with E-state index in [9.17, 15) is 8.42 Å². The van der Waals surface area contributed by atoms with Crippen LogP contribution in [0.5, 0.6) is 0 Å². The molecule has 1 aliphatic carbocycles. The standard InChI is InChI=1S/C13H16N2O2S/c1-13(2)7-11(13)9-15-18(16,17)12-5-3-4-10(6-12)8-14/h3-6,11,15H,7,9H2,1-2H3. The quantitative estimate of drug-likeness (QED) is 0.902. The minimum absolute atomic E-state index is 0.153. The second kappa shape index (κ2) is 4.38. The summed E-state index contributed by atoms with van der Waals surface area (Å²) in [6.07, 6.45) is 1.05. The van der Waals surface area contributed by atoms with Gasteiger partial charge < -0.3 is 0 Å². The highest BCUT2D eigenvalue weighted by molar-refractivity contribution is 7.89. The molecule has 1 aliphatic rings. The lowest BCUT2D eigenvalue weighted by Crippen LogP contribution is -2.26. The average molecular weight is 264 g/mol. The first-order valence-electron chi connectivity index (χ1n) is 5.85. The summed E-state index contributed by atoms with van der Waals surface area (Å²) >= 11 is 0. The highest BCUT2D eigenvalue weighted by atomic mass is 32.2. The molecule has 0 saturated heterocycles. The number of nitriles is 1. The number of hydrogen-bond donors (Lipinski definition) is 1. The molecule has 1 N–H and O–H groups in total. The molecule has 1 atom stereocenters. The van der Waals surface area contributed by atoms with Gasteiger partial charge in [0.1, 0.15) is 0 Å². The van der Waals surface area contributed by atoms with Crippen molar-refractivity contribution in [2.24, 2.45) is 11.3 Å².